The van der Waals surface area contributed by atoms with Crippen LogP contribution in [0.5, 0.6) is 0 Å². The van der Waals surface area contributed by atoms with E-state index in [2.05, 4.69) is 26.1 Å². The van der Waals surface area contributed by atoms with Crippen LogP contribution in [-0.4, -0.2) is 32.2 Å². The summed E-state index contributed by atoms with van der Waals surface area (Å²) in [6.07, 6.45) is 0. The summed E-state index contributed by atoms with van der Waals surface area (Å²) in [4.78, 5) is 14.6. The molecule has 0 aromatic heterocycles. The summed E-state index contributed by atoms with van der Waals surface area (Å²) in [7, 11) is 0. The first-order chi connectivity index (χ1) is 11.6. The summed E-state index contributed by atoms with van der Waals surface area (Å²) >= 11 is 9.62. The maximum Gasteiger partial charge on any atom is 0.256 e. The van der Waals surface area contributed by atoms with Gasteiger partial charge in [-0.3, -0.25) is 4.79 Å². The van der Waals surface area contributed by atoms with Crippen molar-refractivity contribution in [2.45, 2.75) is 0 Å². The molecule has 1 heterocycles. The third-order valence-electron chi connectivity index (χ3n) is 3.74. The van der Waals surface area contributed by atoms with Gasteiger partial charge in [-0.05, 0) is 46.3 Å². The standard InChI is InChI=1S/C17H15BrClFN2O2/c18-13-5-4-11(20)10-12(13)17(23)21-15-3-1-2-14(19)16(15)22-6-8-24-9-7-22/h1-5,10H,6-9H2,(H,21,23). The number of nitrogens with one attached hydrogen (secondary N) is 1. The van der Waals surface area contributed by atoms with E-state index in [1.807, 2.05) is 0 Å². The Kier molecular flexibility index (Phi) is 5.38. The minimum atomic E-state index is -0.470. The van der Waals surface area contributed by atoms with Gasteiger partial charge < -0.3 is 15.0 Å². The summed E-state index contributed by atoms with van der Waals surface area (Å²) in [5.74, 6) is -0.874. The molecule has 1 N–H and O–H groups in total. The second-order valence-corrected chi connectivity index (χ2v) is 6.58. The Labute approximate surface area is 152 Å². The van der Waals surface area contributed by atoms with E-state index in [0.29, 0.717) is 41.5 Å². The maximum absolute atomic E-state index is 13.4. The van der Waals surface area contributed by atoms with Gasteiger partial charge in [0.1, 0.15) is 5.82 Å². The number of morpholine rings is 1. The average Bonchev–Trinajstić information content (AvgIpc) is 2.58. The molecular weight excluding hydrogens is 399 g/mol. The van der Waals surface area contributed by atoms with Gasteiger partial charge in [0.05, 0.1) is 35.2 Å². The highest BCUT2D eigenvalue weighted by Gasteiger charge is 2.20. The summed E-state index contributed by atoms with van der Waals surface area (Å²) in [5.41, 5.74) is 1.57. The molecule has 1 saturated heterocycles. The van der Waals surface area contributed by atoms with Gasteiger partial charge in [0, 0.05) is 17.6 Å². The average molecular weight is 414 g/mol. The van der Waals surface area contributed by atoms with Crippen molar-refractivity contribution in [3.8, 4) is 0 Å². The van der Waals surface area contributed by atoms with E-state index in [9.17, 15) is 9.18 Å². The maximum atomic E-state index is 13.4. The number of halogens is 3. The monoisotopic (exact) mass is 412 g/mol. The Morgan fingerprint density at radius 3 is 2.75 bits per heavy atom. The van der Waals surface area contributed by atoms with Crippen molar-refractivity contribution in [2.75, 3.05) is 36.5 Å². The molecule has 0 aliphatic carbocycles. The van der Waals surface area contributed by atoms with E-state index in [1.54, 1.807) is 18.2 Å². The van der Waals surface area contributed by atoms with Gasteiger partial charge >= 0.3 is 0 Å². The van der Waals surface area contributed by atoms with Gasteiger partial charge in [0.25, 0.3) is 5.91 Å². The number of anilines is 2. The molecule has 0 saturated carbocycles. The second kappa shape index (κ2) is 7.51. The van der Waals surface area contributed by atoms with Gasteiger partial charge in [0.2, 0.25) is 0 Å². The topological polar surface area (TPSA) is 41.6 Å². The van der Waals surface area contributed by atoms with Crippen LogP contribution in [0.4, 0.5) is 15.8 Å². The van der Waals surface area contributed by atoms with Gasteiger partial charge in [-0.2, -0.15) is 0 Å². The normalized spacial score (nSPS) is 14.5. The first kappa shape index (κ1) is 17.2. The molecule has 0 unspecified atom stereocenters. The molecule has 0 radical (unpaired) electrons. The lowest BCUT2D eigenvalue weighted by molar-refractivity contribution is 0.102. The quantitative estimate of drug-likeness (QED) is 0.814. The Hall–Kier alpha value is -1.63. The Morgan fingerprint density at radius 2 is 2.00 bits per heavy atom. The van der Waals surface area contributed by atoms with Crippen LogP contribution < -0.4 is 10.2 Å². The van der Waals surface area contributed by atoms with Crippen LogP contribution >= 0.6 is 27.5 Å². The van der Waals surface area contributed by atoms with Crippen LogP contribution in [0, 0.1) is 5.82 Å². The fraction of sp³-hybridized carbons (Fsp3) is 0.235. The molecule has 126 valence electrons. The van der Waals surface area contributed by atoms with Crippen LogP contribution in [0.15, 0.2) is 40.9 Å². The molecule has 2 aromatic carbocycles. The first-order valence-electron chi connectivity index (χ1n) is 7.44. The lowest BCUT2D eigenvalue weighted by Gasteiger charge is -2.31. The summed E-state index contributed by atoms with van der Waals surface area (Å²) < 4.78 is 19.3. The predicted molar refractivity (Wildman–Crippen MR) is 96.5 cm³/mol. The van der Waals surface area contributed by atoms with Gasteiger partial charge in [-0.25, -0.2) is 4.39 Å². The van der Waals surface area contributed by atoms with Crippen molar-refractivity contribution in [2.24, 2.45) is 0 Å². The van der Waals surface area contributed by atoms with E-state index in [4.69, 9.17) is 16.3 Å². The van der Waals surface area contributed by atoms with Gasteiger partial charge in [-0.15, -0.1) is 0 Å². The molecule has 1 aliphatic rings. The van der Waals surface area contributed by atoms with Crippen LogP contribution in [0.25, 0.3) is 0 Å². The Bertz CT molecular complexity index is 766. The van der Waals surface area contributed by atoms with Crippen LogP contribution in [0.2, 0.25) is 5.02 Å². The molecule has 7 heteroatoms. The molecule has 0 atom stereocenters. The fourth-order valence-electron chi connectivity index (χ4n) is 2.59. The van der Waals surface area contributed by atoms with E-state index in [-0.39, 0.29) is 5.56 Å². The number of carbonyl (C=O) groups excluding carboxylic acids is 1. The van der Waals surface area contributed by atoms with Crippen molar-refractivity contribution >= 4 is 44.8 Å². The van der Waals surface area contributed by atoms with Crippen molar-refractivity contribution < 1.29 is 13.9 Å². The molecule has 24 heavy (non-hydrogen) atoms. The summed E-state index contributed by atoms with van der Waals surface area (Å²) in [6, 6.07) is 9.31. The van der Waals surface area contributed by atoms with Crippen molar-refractivity contribution in [3.05, 3.63) is 57.3 Å². The number of nitrogens with zero attached hydrogens (tertiary/aromatic N) is 1. The fourth-order valence-corrected chi connectivity index (χ4v) is 3.31. The lowest BCUT2D eigenvalue weighted by atomic mass is 10.2. The number of benzene rings is 2. The zero-order valence-electron chi connectivity index (χ0n) is 12.7. The van der Waals surface area contributed by atoms with Crippen molar-refractivity contribution in [1.29, 1.82) is 0 Å². The number of hydrogen-bond acceptors (Lipinski definition) is 3. The third kappa shape index (κ3) is 3.71. The number of amides is 1. The smallest absolute Gasteiger partial charge is 0.256 e. The molecule has 2 aromatic rings. The SMILES string of the molecule is O=C(Nc1cccc(Cl)c1N1CCOCC1)c1cc(F)ccc1Br. The highest BCUT2D eigenvalue weighted by molar-refractivity contribution is 9.10. The molecule has 1 aliphatic heterocycles. The van der Waals surface area contributed by atoms with Crippen LogP contribution in [-0.2, 0) is 4.74 Å². The largest absolute Gasteiger partial charge is 0.378 e. The zero-order chi connectivity index (χ0) is 17.1. The molecule has 1 amide bonds. The van der Waals surface area contributed by atoms with Crippen LogP contribution in [0.1, 0.15) is 10.4 Å². The molecule has 0 bridgehead atoms. The molecule has 1 fully saturated rings. The van der Waals surface area contributed by atoms with Gasteiger partial charge in [-0.1, -0.05) is 17.7 Å². The second-order valence-electron chi connectivity index (χ2n) is 5.31. The van der Waals surface area contributed by atoms with Crippen molar-refractivity contribution in [1.82, 2.24) is 0 Å². The molecule has 3 rings (SSSR count). The highest BCUT2D eigenvalue weighted by Crippen LogP contribution is 2.35. The minimum absolute atomic E-state index is 0.225. The minimum Gasteiger partial charge on any atom is -0.378 e. The van der Waals surface area contributed by atoms with Crippen LogP contribution in [0.3, 0.4) is 0 Å². The van der Waals surface area contributed by atoms with E-state index >= 15 is 0 Å². The van der Waals surface area contributed by atoms with Gasteiger partial charge in [0.15, 0.2) is 0 Å². The zero-order valence-corrected chi connectivity index (χ0v) is 15.0. The lowest BCUT2D eigenvalue weighted by Crippen LogP contribution is -2.37. The van der Waals surface area contributed by atoms with E-state index < -0.39 is 11.7 Å². The summed E-state index contributed by atoms with van der Waals surface area (Å²) in [5, 5.41) is 3.38. The van der Waals surface area contributed by atoms with E-state index in [1.165, 1.54) is 18.2 Å². The molecule has 0 spiro atoms. The summed E-state index contributed by atoms with van der Waals surface area (Å²) in [6.45, 7) is 2.59. The van der Waals surface area contributed by atoms with E-state index in [0.717, 1.165) is 5.69 Å². The Balaban J connectivity index is 1.91. The number of para-hydroxylation sites is 1. The van der Waals surface area contributed by atoms with Crippen molar-refractivity contribution in [3.63, 3.8) is 0 Å². The number of carbonyl (C=O) groups is 1. The Morgan fingerprint density at radius 1 is 1.25 bits per heavy atom. The number of rotatable bonds is 3. The third-order valence-corrected chi connectivity index (χ3v) is 4.73. The first-order valence-corrected chi connectivity index (χ1v) is 8.61. The molecular formula is C17H15BrClFN2O2. The predicted octanol–water partition coefficient (Wildman–Crippen LogP) is 4.33. The highest BCUT2D eigenvalue weighted by atomic mass is 79.9. The number of hydrogen-bond donors (Lipinski definition) is 1. The molecule has 4 nitrogen and oxygen atoms in total. The number of ether oxygens (including phenoxy) is 1.